The Hall–Kier alpha value is -3.78. The first-order valence-electron chi connectivity index (χ1n) is 23.9. The molecule has 0 bridgehead atoms. The predicted octanol–water partition coefficient (Wildman–Crippen LogP) is 19.9. The molecule has 0 spiro atoms. The summed E-state index contributed by atoms with van der Waals surface area (Å²) in [5.74, 6) is 0. The molecule has 360 valence electrons. The third kappa shape index (κ3) is 15.6. The van der Waals surface area contributed by atoms with Crippen LogP contribution in [0.15, 0.2) is 121 Å². The molecule has 0 fully saturated rings. The summed E-state index contributed by atoms with van der Waals surface area (Å²) in [6.45, 7) is 25.2. The topological polar surface area (TPSA) is 0 Å². The zero-order valence-corrected chi connectivity index (χ0v) is 48.5. The molecule has 0 N–H and O–H groups in total. The van der Waals surface area contributed by atoms with Gasteiger partial charge in [0.1, 0.15) is 0 Å². The van der Waals surface area contributed by atoms with Crippen molar-refractivity contribution in [3.8, 4) is 44.5 Å². The molecule has 0 atom stereocenters. The van der Waals surface area contributed by atoms with E-state index in [9.17, 15) is 0 Å². The van der Waals surface area contributed by atoms with Crippen molar-refractivity contribution in [1.82, 2.24) is 0 Å². The van der Waals surface area contributed by atoms with E-state index in [-0.39, 0.29) is 39.7 Å². The van der Waals surface area contributed by atoms with E-state index >= 15 is 0 Å². The van der Waals surface area contributed by atoms with E-state index in [2.05, 4.69) is 197 Å². The fraction of sp³-hybridized carbons (Fsp3) is 0.312. The van der Waals surface area contributed by atoms with Crippen molar-refractivity contribution >= 4 is 53.2 Å². The molecule has 0 aromatic heterocycles. The van der Waals surface area contributed by atoms with Crippen LogP contribution in [0.2, 0.25) is 0 Å². The summed E-state index contributed by atoms with van der Waals surface area (Å²) in [4.78, 5) is 0. The van der Waals surface area contributed by atoms with Gasteiger partial charge in [-0.05, 0) is 79.4 Å². The molecule has 0 unspecified atom stereocenters. The van der Waals surface area contributed by atoms with Crippen LogP contribution in [0.25, 0.3) is 66.1 Å². The first-order chi connectivity index (χ1) is 30.9. The van der Waals surface area contributed by atoms with E-state index in [1.165, 1.54) is 209 Å². The molecule has 0 amide bonds. The fourth-order valence-corrected chi connectivity index (χ4v) is 10.0. The van der Waals surface area contributed by atoms with Gasteiger partial charge in [-0.25, -0.2) is 0 Å². The van der Waals surface area contributed by atoms with Crippen molar-refractivity contribution in [1.29, 1.82) is 0 Å². The summed E-state index contributed by atoms with van der Waals surface area (Å²) >= 11 is 1.36. The number of fused-ring (bicyclic) bond motifs is 2. The molecule has 0 aliphatic heterocycles. The molecule has 0 aliphatic carbocycles. The Labute approximate surface area is 442 Å². The first-order valence-corrected chi connectivity index (χ1v) is 28.1. The zero-order chi connectivity index (χ0) is 45.9. The molecule has 8 rings (SSSR count). The number of benzene rings is 6. The molecule has 0 nitrogen and oxygen atoms in total. The Morgan fingerprint density at radius 1 is 0.353 bits per heavy atom. The molecule has 8 aromatic carbocycles. The van der Waals surface area contributed by atoms with Crippen LogP contribution < -0.4 is 0 Å². The quantitative estimate of drug-likeness (QED) is 0.0578. The number of hydrogen-bond acceptors (Lipinski definition) is 0. The summed E-state index contributed by atoms with van der Waals surface area (Å²) < 4.78 is 0. The summed E-state index contributed by atoms with van der Waals surface area (Å²) in [5, 5.41) is 5.58. The molecular weight excluding hydrogens is 959 g/mol. The molecule has 8 aromatic rings. The van der Waals surface area contributed by atoms with E-state index in [0.29, 0.717) is 0 Å². The van der Waals surface area contributed by atoms with Crippen molar-refractivity contribution in [3.63, 3.8) is 0 Å². The number of halogens is 2. The third-order valence-corrected chi connectivity index (χ3v) is 12.7. The van der Waals surface area contributed by atoms with Crippen LogP contribution in [0.5, 0.6) is 0 Å². The van der Waals surface area contributed by atoms with Gasteiger partial charge in [0.25, 0.3) is 0 Å². The second-order valence-electron chi connectivity index (χ2n) is 18.8. The number of rotatable bonds is 14. The summed E-state index contributed by atoms with van der Waals surface area (Å²) in [5.41, 5.74) is 24.3. The molecule has 0 heterocycles. The normalized spacial score (nSPS) is 10.4. The van der Waals surface area contributed by atoms with Crippen molar-refractivity contribution < 1.29 is 23.3 Å². The first kappa shape index (κ1) is 60.3. The fourth-order valence-electron chi connectivity index (χ4n) is 10.0. The minimum atomic E-state index is 0. The Morgan fingerprint density at radius 3 is 0.868 bits per heavy atom. The maximum atomic E-state index is 3.06. The standard InChI is InChI=1S/2C31H35.2CH3.2ClH.Si.Zr/c2*1-6-7-8-9-10-25-19-30-28(26-15-21(2)13-22(3)16-26)11-12-29(31(30)20-25)27-17-23(4)14-24(5)18-27;;;;;;/h2*11-20H,6-10H2,1-5H3;2*1H3;2*1H;;/q4*-1;;;;. The summed E-state index contributed by atoms with van der Waals surface area (Å²) in [6, 6.07) is 46.8. The molecule has 68 heavy (non-hydrogen) atoms. The molecule has 0 aliphatic rings. The van der Waals surface area contributed by atoms with Gasteiger partial charge in [0.05, 0.1) is 0 Å². The van der Waals surface area contributed by atoms with Gasteiger partial charge in [-0.15, -0.1) is 69.6 Å². The predicted molar refractivity (Wildman–Crippen MR) is 307 cm³/mol. The summed E-state index contributed by atoms with van der Waals surface area (Å²) in [6.07, 6.45) is 12.8. The SMILES string of the molecule is CCCCCCc1cc2c(-c3cc(C)cc(C)c3)ccc(-c3cc(C)cc(C)c3)c2[cH-]1.CCCCCCc1cc2c(-c3cc(C)cc(C)c3)ccc(-c3cc(C)cc(C)c3)c2[cH-]1.Cl.Cl.[CH3-].[CH3-].[Si]=[Zr]. The van der Waals surface area contributed by atoms with E-state index < -0.39 is 0 Å². The maximum absolute atomic E-state index is 3.06. The van der Waals surface area contributed by atoms with Crippen LogP contribution in [-0.4, -0.2) is 6.88 Å². The van der Waals surface area contributed by atoms with Gasteiger partial charge >= 0.3 is 30.2 Å². The monoisotopic (exact) mass is 1030 g/mol. The van der Waals surface area contributed by atoms with Crippen molar-refractivity contribution in [2.24, 2.45) is 0 Å². The number of hydrogen-bond donors (Lipinski definition) is 0. The molecule has 4 heteroatoms. The Morgan fingerprint density at radius 2 is 0.603 bits per heavy atom. The molecule has 2 radical (unpaired) electrons. The van der Waals surface area contributed by atoms with E-state index in [4.69, 9.17) is 0 Å². The summed E-state index contributed by atoms with van der Waals surface area (Å²) in [7, 11) is 0. The van der Waals surface area contributed by atoms with Crippen LogP contribution in [0.4, 0.5) is 0 Å². The Bertz CT molecular complexity index is 2390. The molecular formula is C64H78Cl2SiZr-4. The van der Waals surface area contributed by atoms with E-state index in [1.54, 1.807) is 0 Å². The van der Waals surface area contributed by atoms with Gasteiger partial charge in [0.15, 0.2) is 0 Å². The van der Waals surface area contributed by atoms with E-state index in [0.717, 1.165) is 0 Å². The Kier molecular flexibility index (Phi) is 25.5. The number of aryl methyl sites for hydroxylation is 10. The van der Waals surface area contributed by atoms with Gasteiger partial charge in [0, 0.05) is 0 Å². The van der Waals surface area contributed by atoms with Crippen molar-refractivity contribution in [2.75, 3.05) is 0 Å². The van der Waals surface area contributed by atoms with Crippen LogP contribution >= 0.6 is 24.8 Å². The molecule has 0 saturated heterocycles. The Balaban J connectivity index is 0.000000426. The second-order valence-corrected chi connectivity index (χ2v) is 18.8. The zero-order valence-electron chi connectivity index (χ0n) is 43.4. The van der Waals surface area contributed by atoms with Crippen LogP contribution in [0.3, 0.4) is 0 Å². The second kappa shape index (κ2) is 28.8. The van der Waals surface area contributed by atoms with Crippen molar-refractivity contribution in [3.05, 3.63) is 192 Å². The average Bonchev–Trinajstić information content (AvgIpc) is 3.88. The van der Waals surface area contributed by atoms with Crippen LogP contribution in [-0.2, 0) is 36.2 Å². The van der Waals surface area contributed by atoms with Gasteiger partial charge in [-0.2, -0.15) is 12.1 Å². The van der Waals surface area contributed by atoms with Crippen LogP contribution in [0.1, 0.15) is 121 Å². The van der Waals surface area contributed by atoms with Gasteiger partial charge in [0.2, 0.25) is 0 Å². The van der Waals surface area contributed by atoms with Crippen molar-refractivity contribution in [2.45, 2.75) is 133 Å². The molecule has 0 saturated carbocycles. The average molecular weight is 1040 g/mol. The van der Waals surface area contributed by atoms with Gasteiger partial charge < -0.3 is 14.9 Å². The number of unbranched alkanes of at least 4 members (excludes halogenated alkanes) is 6. The minimum absolute atomic E-state index is 0. The third-order valence-electron chi connectivity index (χ3n) is 12.7. The van der Waals surface area contributed by atoms with Gasteiger partial charge in [-0.1, -0.05) is 240 Å². The van der Waals surface area contributed by atoms with Crippen LogP contribution in [0, 0.1) is 70.2 Å². The van der Waals surface area contributed by atoms with Gasteiger partial charge in [-0.3, -0.25) is 0 Å². The van der Waals surface area contributed by atoms with E-state index in [1.807, 2.05) is 0 Å².